The number of H-pyrrole nitrogens is 1. The van der Waals surface area contributed by atoms with Gasteiger partial charge in [0, 0.05) is 16.0 Å². The molecule has 11 heteroatoms. The molecule has 0 saturated heterocycles. The molecule has 5 N–H and O–H groups in total. The average Bonchev–Trinajstić information content (AvgIpc) is 2.80. The fraction of sp³-hybridized carbons (Fsp3) is 0. The van der Waals surface area contributed by atoms with Crippen LogP contribution in [0.5, 0.6) is 0 Å². The summed E-state index contributed by atoms with van der Waals surface area (Å²) < 4.78 is 23.5. The molecule has 0 aliphatic rings. The Hall–Kier alpha value is -3.51. The Bertz CT molecular complexity index is 1500. The third-order valence-corrected chi connectivity index (χ3v) is 6.18. The van der Waals surface area contributed by atoms with Crippen molar-refractivity contribution in [2.45, 2.75) is 9.79 Å². The first-order valence-electron chi connectivity index (χ1n) is 9.25. The largest absolute Gasteiger partial charge is 0.321 e. The SMILES string of the molecule is NNS(=O)(=O)c1ccc(C(=O)Nc2ccc(S)cc2-c2nc3ccccc3c(=O)[nH]2)cc1. The zero-order chi connectivity index (χ0) is 22.9. The van der Waals surface area contributed by atoms with E-state index in [-0.39, 0.29) is 21.8 Å². The Morgan fingerprint density at radius 2 is 1.75 bits per heavy atom. The van der Waals surface area contributed by atoms with Gasteiger partial charge in [-0.2, -0.15) is 4.83 Å². The van der Waals surface area contributed by atoms with E-state index in [9.17, 15) is 18.0 Å². The van der Waals surface area contributed by atoms with Crippen LogP contribution in [0.2, 0.25) is 0 Å². The molecular formula is C21H17N5O4S2. The monoisotopic (exact) mass is 467 g/mol. The molecule has 1 heterocycles. The van der Waals surface area contributed by atoms with Gasteiger partial charge < -0.3 is 10.3 Å². The summed E-state index contributed by atoms with van der Waals surface area (Å²) in [6.45, 7) is 0. The lowest BCUT2D eigenvalue weighted by Gasteiger charge is -2.12. The topological polar surface area (TPSA) is 147 Å². The number of nitrogens with one attached hydrogen (secondary N) is 3. The highest BCUT2D eigenvalue weighted by atomic mass is 32.2. The number of aromatic amines is 1. The number of hydrogen-bond donors (Lipinski definition) is 5. The highest BCUT2D eigenvalue weighted by molar-refractivity contribution is 7.89. The molecule has 3 aromatic carbocycles. The second-order valence-electron chi connectivity index (χ2n) is 6.76. The van der Waals surface area contributed by atoms with Gasteiger partial charge in [-0.1, -0.05) is 12.1 Å². The lowest BCUT2D eigenvalue weighted by molar-refractivity contribution is 0.102. The Morgan fingerprint density at radius 3 is 2.47 bits per heavy atom. The van der Waals surface area contributed by atoms with Crippen LogP contribution in [-0.2, 0) is 10.0 Å². The van der Waals surface area contributed by atoms with Crippen LogP contribution in [0.25, 0.3) is 22.3 Å². The average molecular weight is 468 g/mol. The minimum absolute atomic E-state index is 0.0744. The van der Waals surface area contributed by atoms with Gasteiger partial charge in [-0.3, -0.25) is 15.4 Å². The van der Waals surface area contributed by atoms with E-state index in [0.29, 0.717) is 27.0 Å². The number of amides is 1. The minimum atomic E-state index is -3.82. The molecular weight excluding hydrogens is 450 g/mol. The third kappa shape index (κ3) is 4.27. The normalized spacial score (nSPS) is 11.4. The van der Waals surface area contributed by atoms with Gasteiger partial charge in [-0.15, -0.1) is 12.6 Å². The number of rotatable bonds is 5. The van der Waals surface area contributed by atoms with Crippen LogP contribution in [-0.4, -0.2) is 24.3 Å². The van der Waals surface area contributed by atoms with E-state index in [0.717, 1.165) is 0 Å². The van der Waals surface area contributed by atoms with Crippen LogP contribution in [0.1, 0.15) is 10.4 Å². The van der Waals surface area contributed by atoms with Gasteiger partial charge in [-0.25, -0.2) is 13.4 Å². The van der Waals surface area contributed by atoms with Crippen LogP contribution in [0.3, 0.4) is 0 Å². The number of para-hydroxylation sites is 1. The van der Waals surface area contributed by atoms with Gasteiger partial charge in [0.05, 0.1) is 21.5 Å². The van der Waals surface area contributed by atoms with Crippen molar-refractivity contribution in [3.05, 3.63) is 82.6 Å². The van der Waals surface area contributed by atoms with Crippen molar-refractivity contribution in [2.75, 3.05) is 5.32 Å². The predicted molar refractivity (Wildman–Crippen MR) is 124 cm³/mol. The minimum Gasteiger partial charge on any atom is -0.321 e. The number of fused-ring (bicyclic) bond motifs is 1. The maximum atomic E-state index is 12.8. The van der Waals surface area contributed by atoms with E-state index >= 15 is 0 Å². The van der Waals surface area contributed by atoms with Crippen molar-refractivity contribution in [2.24, 2.45) is 5.84 Å². The first-order chi connectivity index (χ1) is 15.3. The van der Waals surface area contributed by atoms with Crippen LogP contribution in [0.4, 0.5) is 5.69 Å². The van der Waals surface area contributed by atoms with Gasteiger partial charge in [0.15, 0.2) is 0 Å². The van der Waals surface area contributed by atoms with Crippen LogP contribution < -0.4 is 21.5 Å². The van der Waals surface area contributed by atoms with Crippen molar-refractivity contribution in [1.29, 1.82) is 0 Å². The molecule has 0 radical (unpaired) electrons. The van der Waals surface area contributed by atoms with Gasteiger partial charge in [-0.05, 0) is 54.6 Å². The molecule has 0 fully saturated rings. The summed E-state index contributed by atoms with van der Waals surface area (Å²) in [5, 5.41) is 3.22. The zero-order valence-electron chi connectivity index (χ0n) is 16.4. The van der Waals surface area contributed by atoms with E-state index < -0.39 is 15.9 Å². The molecule has 1 aromatic heterocycles. The summed E-state index contributed by atoms with van der Waals surface area (Å²) in [5.74, 6) is 4.81. The van der Waals surface area contributed by atoms with E-state index in [1.165, 1.54) is 24.3 Å². The van der Waals surface area contributed by atoms with Crippen molar-refractivity contribution < 1.29 is 13.2 Å². The molecule has 4 rings (SSSR count). The number of thiol groups is 1. The molecule has 162 valence electrons. The number of sulfonamides is 1. The summed E-state index contributed by atoms with van der Waals surface area (Å²) in [5.41, 5.74) is 1.30. The molecule has 0 unspecified atom stereocenters. The van der Waals surface area contributed by atoms with Crippen molar-refractivity contribution in [3.8, 4) is 11.4 Å². The second kappa shape index (κ2) is 8.55. The number of nitrogens with zero attached hydrogens (tertiary/aromatic N) is 1. The maximum absolute atomic E-state index is 12.8. The lowest BCUT2D eigenvalue weighted by atomic mass is 10.1. The van der Waals surface area contributed by atoms with Crippen LogP contribution in [0.15, 0.2) is 81.3 Å². The summed E-state index contributed by atoms with van der Waals surface area (Å²) >= 11 is 4.35. The molecule has 0 spiro atoms. The molecule has 4 aromatic rings. The number of anilines is 1. The van der Waals surface area contributed by atoms with E-state index in [4.69, 9.17) is 5.84 Å². The Labute approximate surface area is 188 Å². The number of carbonyl (C=O) groups excluding carboxylic acids is 1. The summed E-state index contributed by atoms with van der Waals surface area (Å²) in [4.78, 5) is 34.8. The molecule has 32 heavy (non-hydrogen) atoms. The molecule has 0 bridgehead atoms. The van der Waals surface area contributed by atoms with Crippen LogP contribution >= 0.6 is 12.6 Å². The molecule has 0 aliphatic carbocycles. The predicted octanol–water partition coefficient (Wildman–Crippen LogP) is 2.28. The van der Waals surface area contributed by atoms with Crippen LogP contribution in [0, 0.1) is 0 Å². The van der Waals surface area contributed by atoms with Gasteiger partial charge in [0.2, 0.25) is 0 Å². The molecule has 0 saturated carbocycles. The number of benzene rings is 3. The number of hydrazine groups is 1. The van der Waals surface area contributed by atoms with Crippen molar-refractivity contribution in [3.63, 3.8) is 0 Å². The van der Waals surface area contributed by atoms with Crippen molar-refractivity contribution in [1.82, 2.24) is 14.8 Å². The molecule has 9 nitrogen and oxygen atoms in total. The van der Waals surface area contributed by atoms with Gasteiger partial charge >= 0.3 is 0 Å². The fourth-order valence-corrected chi connectivity index (χ4v) is 3.93. The first-order valence-corrected chi connectivity index (χ1v) is 11.2. The smallest absolute Gasteiger partial charge is 0.259 e. The lowest BCUT2D eigenvalue weighted by Crippen LogP contribution is -2.30. The van der Waals surface area contributed by atoms with E-state index in [2.05, 4.69) is 27.9 Å². The van der Waals surface area contributed by atoms with Crippen molar-refractivity contribution >= 4 is 45.1 Å². The molecule has 0 atom stereocenters. The maximum Gasteiger partial charge on any atom is 0.259 e. The summed E-state index contributed by atoms with van der Waals surface area (Å²) in [6, 6.07) is 17.2. The Morgan fingerprint density at radius 1 is 1.03 bits per heavy atom. The number of hydrogen-bond acceptors (Lipinski definition) is 7. The summed E-state index contributed by atoms with van der Waals surface area (Å²) in [7, 11) is -3.82. The van der Waals surface area contributed by atoms with Gasteiger partial charge in [0.25, 0.3) is 21.5 Å². The highest BCUT2D eigenvalue weighted by Gasteiger charge is 2.16. The third-order valence-electron chi connectivity index (χ3n) is 4.70. The quantitative estimate of drug-likeness (QED) is 0.173. The van der Waals surface area contributed by atoms with E-state index in [1.54, 1.807) is 47.3 Å². The van der Waals surface area contributed by atoms with E-state index in [1.807, 2.05) is 0 Å². The Balaban J connectivity index is 1.70. The number of aromatic nitrogens is 2. The standard InChI is InChI=1S/C21H17N5O4S2/c22-26-32(29,30)14-8-5-12(6-9-14)20(27)24-18-10-7-13(31)11-16(18)19-23-17-4-2-1-3-15(17)21(28)25-19/h1-11,26,31H,22H2,(H,24,27)(H,23,25,28). The Kier molecular flexibility index (Phi) is 5.80. The number of carbonyl (C=O) groups is 1. The second-order valence-corrected chi connectivity index (χ2v) is 8.99. The number of nitrogens with two attached hydrogens (primary N) is 1. The summed E-state index contributed by atoms with van der Waals surface area (Å²) in [6.07, 6.45) is 0. The van der Waals surface area contributed by atoms with Gasteiger partial charge in [0.1, 0.15) is 5.82 Å². The zero-order valence-corrected chi connectivity index (χ0v) is 18.1. The highest BCUT2D eigenvalue weighted by Crippen LogP contribution is 2.29. The molecule has 1 amide bonds. The molecule has 0 aliphatic heterocycles. The first kappa shape index (κ1) is 21.7. The fourth-order valence-electron chi connectivity index (χ4n) is 3.10.